The standard InChI is InChI=1S/C16H17ClN6O/c1-23-9-12(7-19-23)20-16-18-8-13(17)15(22-16)21-14(10-24)11-5-3-2-4-6-11/h2-9,14,24H,10H2,1H3,(H2,18,20,21,22). The molecule has 0 aliphatic rings. The predicted octanol–water partition coefficient (Wildman–Crippen LogP) is 2.75. The van der Waals surface area contributed by atoms with E-state index in [2.05, 4.69) is 25.7 Å². The quantitative estimate of drug-likeness (QED) is 0.637. The van der Waals surface area contributed by atoms with Crippen molar-refractivity contribution < 1.29 is 5.11 Å². The van der Waals surface area contributed by atoms with Crippen molar-refractivity contribution in [2.45, 2.75) is 6.04 Å². The van der Waals surface area contributed by atoms with E-state index in [1.807, 2.05) is 43.6 Å². The van der Waals surface area contributed by atoms with Gasteiger partial charge in [0.2, 0.25) is 5.95 Å². The minimum atomic E-state index is -0.315. The Bertz CT molecular complexity index is 807. The van der Waals surface area contributed by atoms with E-state index in [4.69, 9.17) is 11.6 Å². The van der Waals surface area contributed by atoms with Gasteiger partial charge in [-0.05, 0) is 5.56 Å². The number of aliphatic hydroxyl groups is 1. The molecule has 3 aromatic rings. The molecule has 0 aliphatic heterocycles. The van der Waals surface area contributed by atoms with Crippen LogP contribution < -0.4 is 10.6 Å². The van der Waals surface area contributed by atoms with E-state index in [0.717, 1.165) is 11.3 Å². The zero-order valence-corrected chi connectivity index (χ0v) is 13.8. The Morgan fingerprint density at radius 3 is 2.71 bits per heavy atom. The summed E-state index contributed by atoms with van der Waals surface area (Å²) in [4.78, 5) is 8.53. The van der Waals surface area contributed by atoms with Crippen molar-refractivity contribution in [3.8, 4) is 0 Å². The summed E-state index contributed by atoms with van der Waals surface area (Å²) in [6.45, 7) is -0.0876. The van der Waals surface area contributed by atoms with Crippen LogP contribution in [0.3, 0.4) is 0 Å². The fourth-order valence-electron chi connectivity index (χ4n) is 2.23. The highest BCUT2D eigenvalue weighted by molar-refractivity contribution is 6.32. The molecule has 0 spiro atoms. The van der Waals surface area contributed by atoms with Gasteiger partial charge in [-0.3, -0.25) is 4.68 Å². The molecule has 0 fully saturated rings. The Morgan fingerprint density at radius 1 is 1.25 bits per heavy atom. The van der Waals surface area contributed by atoms with Gasteiger partial charge in [-0.1, -0.05) is 41.9 Å². The summed E-state index contributed by atoms with van der Waals surface area (Å²) < 4.78 is 1.68. The molecule has 0 bridgehead atoms. The van der Waals surface area contributed by atoms with Gasteiger partial charge in [0.25, 0.3) is 0 Å². The first-order valence-electron chi connectivity index (χ1n) is 7.36. The fraction of sp³-hybridized carbons (Fsp3) is 0.188. The first-order chi connectivity index (χ1) is 11.7. The minimum Gasteiger partial charge on any atom is -0.394 e. The van der Waals surface area contributed by atoms with Crippen molar-refractivity contribution in [2.24, 2.45) is 7.05 Å². The van der Waals surface area contributed by atoms with Gasteiger partial charge in [-0.2, -0.15) is 10.1 Å². The lowest BCUT2D eigenvalue weighted by atomic mass is 10.1. The molecule has 2 heterocycles. The molecule has 1 unspecified atom stereocenters. The Labute approximate surface area is 144 Å². The van der Waals surface area contributed by atoms with Crippen LogP contribution in [0.5, 0.6) is 0 Å². The van der Waals surface area contributed by atoms with E-state index in [-0.39, 0.29) is 12.6 Å². The lowest BCUT2D eigenvalue weighted by molar-refractivity contribution is 0.276. The van der Waals surface area contributed by atoms with E-state index in [1.165, 1.54) is 6.20 Å². The molecule has 0 saturated heterocycles. The van der Waals surface area contributed by atoms with Crippen LogP contribution in [0.15, 0.2) is 48.9 Å². The molecule has 8 heteroatoms. The summed E-state index contributed by atoms with van der Waals surface area (Å²) >= 11 is 6.18. The molecule has 3 rings (SSSR count). The molecule has 1 atom stereocenters. The number of aryl methyl sites for hydroxylation is 1. The number of rotatable bonds is 6. The SMILES string of the molecule is Cn1cc(Nc2ncc(Cl)c(NC(CO)c3ccccc3)n2)cn1. The summed E-state index contributed by atoms with van der Waals surface area (Å²) in [6.07, 6.45) is 4.99. The second-order valence-corrected chi connectivity index (χ2v) is 5.62. The zero-order chi connectivity index (χ0) is 16.9. The van der Waals surface area contributed by atoms with Gasteiger partial charge in [0, 0.05) is 13.2 Å². The highest BCUT2D eigenvalue weighted by atomic mass is 35.5. The van der Waals surface area contributed by atoms with Crippen molar-refractivity contribution in [3.63, 3.8) is 0 Å². The van der Waals surface area contributed by atoms with Crippen LogP contribution >= 0.6 is 11.6 Å². The van der Waals surface area contributed by atoms with Gasteiger partial charge in [0.15, 0.2) is 5.82 Å². The van der Waals surface area contributed by atoms with Crippen LogP contribution in [0.1, 0.15) is 11.6 Å². The highest BCUT2D eigenvalue weighted by Gasteiger charge is 2.14. The molecule has 0 radical (unpaired) electrons. The maximum atomic E-state index is 9.66. The van der Waals surface area contributed by atoms with Crippen molar-refractivity contribution in [2.75, 3.05) is 17.2 Å². The number of hydrogen-bond acceptors (Lipinski definition) is 6. The van der Waals surface area contributed by atoms with Crippen molar-refractivity contribution in [3.05, 3.63) is 59.5 Å². The number of halogens is 1. The topological polar surface area (TPSA) is 87.9 Å². The second kappa shape index (κ2) is 7.29. The molecule has 24 heavy (non-hydrogen) atoms. The third-order valence-corrected chi connectivity index (χ3v) is 3.68. The molecule has 0 saturated carbocycles. The molecule has 0 amide bonds. The summed E-state index contributed by atoms with van der Waals surface area (Å²) in [7, 11) is 1.83. The Morgan fingerprint density at radius 2 is 2.04 bits per heavy atom. The molecule has 2 aromatic heterocycles. The van der Waals surface area contributed by atoms with Crippen LogP contribution in [0.2, 0.25) is 5.02 Å². The van der Waals surface area contributed by atoms with E-state index < -0.39 is 0 Å². The Balaban J connectivity index is 1.80. The van der Waals surface area contributed by atoms with Gasteiger partial charge in [0.1, 0.15) is 5.02 Å². The van der Waals surface area contributed by atoms with Crippen LogP contribution in [-0.4, -0.2) is 31.5 Å². The summed E-state index contributed by atoms with van der Waals surface area (Å²) in [6, 6.07) is 9.29. The second-order valence-electron chi connectivity index (χ2n) is 5.21. The Hall–Kier alpha value is -2.64. The lowest BCUT2D eigenvalue weighted by Crippen LogP contribution is -2.16. The van der Waals surface area contributed by atoms with Crippen LogP contribution in [0, 0.1) is 0 Å². The maximum absolute atomic E-state index is 9.66. The number of nitrogens with zero attached hydrogens (tertiary/aromatic N) is 4. The number of aromatic nitrogens is 4. The lowest BCUT2D eigenvalue weighted by Gasteiger charge is -2.18. The minimum absolute atomic E-state index is 0.0876. The molecular formula is C16H17ClN6O. The van der Waals surface area contributed by atoms with Gasteiger partial charge in [-0.15, -0.1) is 0 Å². The van der Waals surface area contributed by atoms with Crippen molar-refractivity contribution >= 4 is 29.1 Å². The van der Waals surface area contributed by atoms with Gasteiger partial charge >= 0.3 is 0 Å². The van der Waals surface area contributed by atoms with E-state index in [0.29, 0.717) is 16.8 Å². The summed E-state index contributed by atoms with van der Waals surface area (Å²) in [5.74, 6) is 0.834. The largest absolute Gasteiger partial charge is 0.394 e. The van der Waals surface area contributed by atoms with Gasteiger partial charge in [-0.25, -0.2) is 4.98 Å². The molecule has 7 nitrogen and oxygen atoms in total. The number of nitrogens with one attached hydrogen (secondary N) is 2. The van der Waals surface area contributed by atoms with Crippen LogP contribution in [0.4, 0.5) is 17.5 Å². The monoisotopic (exact) mass is 344 g/mol. The van der Waals surface area contributed by atoms with Gasteiger partial charge in [0.05, 0.1) is 30.7 Å². The van der Waals surface area contributed by atoms with Gasteiger partial charge < -0.3 is 15.7 Å². The first-order valence-corrected chi connectivity index (χ1v) is 7.74. The molecule has 1 aromatic carbocycles. The van der Waals surface area contributed by atoms with E-state index in [1.54, 1.807) is 10.9 Å². The number of anilines is 3. The molecular weight excluding hydrogens is 328 g/mol. The van der Waals surface area contributed by atoms with E-state index >= 15 is 0 Å². The average molecular weight is 345 g/mol. The zero-order valence-electron chi connectivity index (χ0n) is 13.0. The number of aliphatic hydroxyl groups excluding tert-OH is 1. The molecule has 3 N–H and O–H groups in total. The molecule has 124 valence electrons. The Kier molecular flexibility index (Phi) is 4.93. The average Bonchev–Trinajstić information content (AvgIpc) is 3.01. The van der Waals surface area contributed by atoms with Crippen molar-refractivity contribution in [1.29, 1.82) is 0 Å². The fourth-order valence-corrected chi connectivity index (χ4v) is 2.37. The predicted molar refractivity (Wildman–Crippen MR) is 93.4 cm³/mol. The normalized spacial score (nSPS) is 12.0. The van der Waals surface area contributed by atoms with Crippen LogP contribution in [0.25, 0.3) is 0 Å². The number of benzene rings is 1. The number of hydrogen-bond donors (Lipinski definition) is 3. The van der Waals surface area contributed by atoms with E-state index in [9.17, 15) is 5.11 Å². The summed E-state index contributed by atoms with van der Waals surface area (Å²) in [5.41, 5.74) is 1.71. The highest BCUT2D eigenvalue weighted by Crippen LogP contribution is 2.25. The third kappa shape index (κ3) is 3.81. The van der Waals surface area contributed by atoms with Crippen LogP contribution in [-0.2, 0) is 7.05 Å². The molecule has 0 aliphatic carbocycles. The summed E-state index contributed by atoms with van der Waals surface area (Å²) in [5, 5.41) is 20.3. The maximum Gasteiger partial charge on any atom is 0.229 e. The first kappa shape index (κ1) is 16.2. The third-order valence-electron chi connectivity index (χ3n) is 3.40. The smallest absolute Gasteiger partial charge is 0.229 e. The van der Waals surface area contributed by atoms with Crippen molar-refractivity contribution in [1.82, 2.24) is 19.7 Å².